The van der Waals surface area contributed by atoms with Crippen LogP contribution in [0.15, 0.2) is 48.5 Å². The monoisotopic (exact) mass is 257 g/mol. The van der Waals surface area contributed by atoms with Crippen LogP contribution in [-0.2, 0) is 12.8 Å². The molecule has 0 spiro atoms. The van der Waals surface area contributed by atoms with Crippen molar-refractivity contribution in [2.45, 2.75) is 32.2 Å². The highest BCUT2D eigenvalue weighted by atomic mass is 19.1. The minimum atomic E-state index is -0.159. The molecule has 0 amide bonds. The first-order chi connectivity index (χ1) is 9.15. The summed E-state index contributed by atoms with van der Waals surface area (Å²) in [6.45, 7) is 2.08. The number of rotatable bonds is 5. The number of hydrogen-bond donors (Lipinski definition) is 1. The maximum atomic E-state index is 13.5. The lowest BCUT2D eigenvalue weighted by atomic mass is 9.99. The Bertz CT molecular complexity index is 519. The Kier molecular flexibility index (Phi) is 4.69. The zero-order chi connectivity index (χ0) is 13.7. The molecule has 19 heavy (non-hydrogen) atoms. The van der Waals surface area contributed by atoms with E-state index in [0.29, 0.717) is 12.0 Å². The van der Waals surface area contributed by atoms with Gasteiger partial charge < -0.3 is 5.73 Å². The number of hydrogen-bond acceptors (Lipinski definition) is 1. The van der Waals surface area contributed by atoms with E-state index in [2.05, 4.69) is 31.2 Å². The summed E-state index contributed by atoms with van der Waals surface area (Å²) in [5.74, 6) is -0.159. The van der Waals surface area contributed by atoms with Crippen molar-refractivity contribution in [3.63, 3.8) is 0 Å². The van der Waals surface area contributed by atoms with Crippen LogP contribution in [0.5, 0.6) is 0 Å². The van der Waals surface area contributed by atoms with E-state index in [4.69, 9.17) is 5.73 Å². The Morgan fingerprint density at radius 3 is 2.42 bits per heavy atom. The molecule has 2 rings (SSSR count). The van der Waals surface area contributed by atoms with Crippen molar-refractivity contribution in [2.75, 3.05) is 0 Å². The van der Waals surface area contributed by atoms with Crippen LogP contribution in [0.1, 0.15) is 23.1 Å². The lowest BCUT2D eigenvalue weighted by molar-refractivity contribution is 0.566. The first kappa shape index (κ1) is 13.8. The second-order valence-corrected chi connectivity index (χ2v) is 5.08. The van der Waals surface area contributed by atoms with Crippen LogP contribution >= 0.6 is 0 Å². The maximum absolute atomic E-state index is 13.5. The molecular formula is C17H20FN. The summed E-state index contributed by atoms with van der Waals surface area (Å²) in [6, 6.07) is 15.3. The first-order valence-corrected chi connectivity index (χ1v) is 6.69. The van der Waals surface area contributed by atoms with Crippen molar-refractivity contribution in [2.24, 2.45) is 5.73 Å². The summed E-state index contributed by atoms with van der Waals surface area (Å²) in [6.07, 6.45) is 2.41. The quantitative estimate of drug-likeness (QED) is 0.869. The third kappa shape index (κ3) is 4.18. The number of benzene rings is 2. The SMILES string of the molecule is Cc1ccc(CCC(N)Cc2ccccc2F)cc1. The Morgan fingerprint density at radius 2 is 1.74 bits per heavy atom. The average molecular weight is 257 g/mol. The minimum Gasteiger partial charge on any atom is -0.327 e. The van der Waals surface area contributed by atoms with Gasteiger partial charge in [-0.25, -0.2) is 4.39 Å². The van der Waals surface area contributed by atoms with Crippen molar-refractivity contribution < 1.29 is 4.39 Å². The molecule has 0 aliphatic heterocycles. The molecular weight excluding hydrogens is 237 g/mol. The molecule has 100 valence electrons. The zero-order valence-corrected chi connectivity index (χ0v) is 11.3. The molecule has 0 radical (unpaired) electrons. The van der Waals surface area contributed by atoms with Gasteiger partial charge in [-0.2, -0.15) is 0 Å². The van der Waals surface area contributed by atoms with Gasteiger partial charge in [0.15, 0.2) is 0 Å². The van der Waals surface area contributed by atoms with Crippen LogP contribution in [0.4, 0.5) is 4.39 Å². The first-order valence-electron chi connectivity index (χ1n) is 6.69. The molecule has 1 atom stereocenters. The van der Waals surface area contributed by atoms with Crippen molar-refractivity contribution in [3.8, 4) is 0 Å². The lowest BCUT2D eigenvalue weighted by Crippen LogP contribution is -2.24. The van der Waals surface area contributed by atoms with Gasteiger partial charge in [0.2, 0.25) is 0 Å². The highest BCUT2D eigenvalue weighted by molar-refractivity contribution is 5.22. The third-order valence-electron chi connectivity index (χ3n) is 3.36. The Labute approximate surface area is 114 Å². The summed E-state index contributed by atoms with van der Waals surface area (Å²) in [7, 11) is 0. The van der Waals surface area contributed by atoms with Crippen molar-refractivity contribution >= 4 is 0 Å². The molecule has 1 nitrogen and oxygen atoms in total. The van der Waals surface area contributed by atoms with E-state index in [-0.39, 0.29) is 11.9 Å². The van der Waals surface area contributed by atoms with E-state index in [0.717, 1.165) is 12.8 Å². The lowest BCUT2D eigenvalue weighted by Gasteiger charge is -2.12. The molecule has 2 heteroatoms. The van der Waals surface area contributed by atoms with E-state index in [1.54, 1.807) is 12.1 Å². The molecule has 0 fully saturated rings. The van der Waals surface area contributed by atoms with E-state index in [9.17, 15) is 4.39 Å². The fourth-order valence-corrected chi connectivity index (χ4v) is 2.16. The minimum absolute atomic E-state index is 0.00166. The van der Waals surface area contributed by atoms with Crippen molar-refractivity contribution in [3.05, 3.63) is 71.0 Å². The maximum Gasteiger partial charge on any atom is 0.126 e. The predicted molar refractivity (Wildman–Crippen MR) is 77.6 cm³/mol. The van der Waals surface area contributed by atoms with Crippen LogP contribution in [0.3, 0.4) is 0 Å². The third-order valence-corrected chi connectivity index (χ3v) is 3.36. The highest BCUT2D eigenvalue weighted by Crippen LogP contribution is 2.12. The fourth-order valence-electron chi connectivity index (χ4n) is 2.16. The fraction of sp³-hybridized carbons (Fsp3) is 0.294. The molecule has 0 bridgehead atoms. The molecule has 2 aromatic rings. The Morgan fingerprint density at radius 1 is 1.05 bits per heavy atom. The van der Waals surface area contributed by atoms with Gasteiger partial charge in [-0.05, 0) is 43.4 Å². The van der Waals surface area contributed by atoms with Gasteiger partial charge in [-0.15, -0.1) is 0 Å². The zero-order valence-electron chi connectivity index (χ0n) is 11.3. The van der Waals surface area contributed by atoms with E-state index in [1.807, 2.05) is 6.07 Å². The van der Waals surface area contributed by atoms with Gasteiger partial charge >= 0.3 is 0 Å². The summed E-state index contributed by atoms with van der Waals surface area (Å²) >= 11 is 0. The van der Waals surface area contributed by atoms with Gasteiger partial charge in [0.25, 0.3) is 0 Å². The largest absolute Gasteiger partial charge is 0.327 e. The normalized spacial score (nSPS) is 12.4. The summed E-state index contributed by atoms with van der Waals surface area (Å²) in [5.41, 5.74) is 9.34. The molecule has 0 aromatic heterocycles. The molecule has 0 aliphatic rings. The number of aryl methyl sites for hydroxylation is 2. The van der Waals surface area contributed by atoms with Crippen LogP contribution in [0.2, 0.25) is 0 Å². The van der Waals surface area contributed by atoms with Crippen LogP contribution in [0, 0.1) is 12.7 Å². The van der Waals surface area contributed by atoms with Gasteiger partial charge in [-0.3, -0.25) is 0 Å². The molecule has 2 aromatic carbocycles. The van der Waals surface area contributed by atoms with E-state index in [1.165, 1.54) is 17.2 Å². The number of nitrogens with two attached hydrogens (primary N) is 1. The van der Waals surface area contributed by atoms with Crippen LogP contribution in [0.25, 0.3) is 0 Å². The van der Waals surface area contributed by atoms with Crippen molar-refractivity contribution in [1.82, 2.24) is 0 Å². The number of halogens is 1. The van der Waals surface area contributed by atoms with Gasteiger partial charge in [-0.1, -0.05) is 48.0 Å². The predicted octanol–water partition coefficient (Wildman–Crippen LogP) is 3.64. The van der Waals surface area contributed by atoms with Crippen LogP contribution in [-0.4, -0.2) is 6.04 Å². The topological polar surface area (TPSA) is 26.0 Å². The Hall–Kier alpha value is -1.67. The molecule has 2 N–H and O–H groups in total. The standard InChI is InChI=1S/C17H20FN/c1-13-6-8-14(9-7-13)10-11-16(19)12-15-4-2-3-5-17(15)18/h2-9,16H,10-12,19H2,1H3. The van der Waals surface area contributed by atoms with Gasteiger partial charge in [0.1, 0.15) is 5.82 Å². The second kappa shape index (κ2) is 6.48. The Balaban J connectivity index is 1.86. The highest BCUT2D eigenvalue weighted by Gasteiger charge is 2.08. The molecule has 0 heterocycles. The summed E-state index contributed by atoms with van der Waals surface area (Å²) in [4.78, 5) is 0. The van der Waals surface area contributed by atoms with Crippen molar-refractivity contribution in [1.29, 1.82) is 0 Å². The molecule has 0 aliphatic carbocycles. The van der Waals surface area contributed by atoms with Crippen LogP contribution < -0.4 is 5.73 Å². The second-order valence-electron chi connectivity index (χ2n) is 5.08. The van der Waals surface area contributed by atoms with E-state index < -0.39 is 0 Å². The average Bonchev–Trinajstić information content (AvgIpc) is 2.41. The van der Waals surface area contributed by atoms with Gasteiger partial charge in [0.05, 0.1) is 0 Å². The summed E-state index contributed by atoms with van der Waals surface area (Å²) in [5, 5.41) is 0. The smallest absolute Gasteiger partial charge is 0.126 e. The molecule has 0 saturated heterocycles. The molecule has 0 saturated carbocycles. The van der Waals surface area contributed by atoms with Gasteiger partial charge in [0, 0.05) is 6.04 Å². The summed E-state index contributed by atoms with van der Waals surface area (Å²) < 4.78 is 13.5. The molecule has 1 unspecified atom stereocenters. The van der Waals surface area contributed by atoms with E-state index >= 15 is 0 Å².